The van der Waals surface area contributed by atoms with Crippen LogP contribution in [0.2, 0.25) is 0 Å². The molecule has 2 rings (SSSR count). The number of hydrogen-bond donors (Lipinski definition) is 2. The second-order valence-corrected chi connectivity index (χ2v) is 8.70. The lowest BCUT2D eigenvalue weighted by Crippen LogP contribution is -2.24. The summed E-state index contributed by atoms with van der Waals surface area (Å²) >= 11 is 1.22. The smallest absolute Gasteiger partial charge is 0.342 e. The number of ketones is 1. The van der Waals surface area contributed by atoms with E-state index >= 15 is 0 Å². The topological polar surface area (TPSA) is 110 Å². The van der Waals surface area contributed by atoms with Crippen LogP contribution in [0.4, 0.5) is 0 Å². The average molecular weight is 397 g/mol. The number of aromatic hydroxyl groups is 1. The van der Waals surface area contributed by atoms with Crippen molar-refractivity contribution in [2.45, 2.75) is 13.3 Å². The van der Waals surface area contributed by atoms with Crippen LogP contribution in [0, 0.1) is 6.92 Å². The number of sulfonamides is 1. The molecule has 0 atom stereocenters. The molecule has 1 heterocycles. The van der Waals surface area contributed by atoms with Gasteiger partial charge in [-0.2, -0.15) is 0 Å². The standard InChI is InChI=1S/C17H19NO6S2/c1-11-3-5-13(14(19)9-11)17(21)24-10-15(20)16-6-4-12(25-16)7-8-18-26(2,22)23/h3-6,9,18-19H,7-8,10H2,1-2H3. The van der Waals surface area contributed by atoms with Crippen LogP contribution < -0.4 is 4.72 Å². The molecule has 0 aliphatic rings. The minimum absolute atomic E-state index is 0.00196. The number of esters is 1. The Morgan fingerprint density at radius 1 is 1.23 bits per heavy atom. The molecule has 9 heteroatoms. The third kappa shape index (κ3) is 5.94. The van der Waals surface area contributed by atoms with Gasteiger partial charge in [-0.15, -0.1) is 11.3 Å². The van der Waals surface area contributed by atoms with Crippen molar-refractivity contribution in [2.24, 2.45) is 0 Å². The van der Waals surface area contributed by atoms with Crippen LogP contribution >= 0.6 is 11.3 Å². The maximum atomic E-state index is 12.1. The highest BCUT2D eigenvalue weighted by Gasteiger charge is 2.16. The summed E-state index contributed by atoms with van der Waals surface area (Å²) < 4.78 is 29.4. The Labute approximate surface area is 155 Å². The summed E-state index contributed by atoms with van der Waals surface area (Å²) in [6.07, 6.45) is 1.54. The molecule has 140 valence electrons. The van der Waals surface area contributed by atoms with Crippen LogP contribution in [-0.4, -0.2) is 44.7 Å². The van der Waals surface area contributed by atoms with Crippen molar-refractivity contribution < 1.29 is 27.9 Å². The summed E-state index contributed by atoms with van der Waals surface area (Å²) in [4.78, 5) is 25.3. The van der Waals surface area contributed by atoms with E-state index in [0.29, 0.717) is 11.3 Å². The largest absolute Gasteiger partial charge is 0.507 e. The number of nitrogens with one attached hydrogen (secondary N) is 1. The van der Waals surface area contributed by atoms with Crippen molar-refractivity contribution in [3.05, 3.63) is 51.2 Å². The lowest BCUT2D eigenvalue weighted by Gasteiger charge is -2.06. The first kappa shape index (κ1) is 20.1. The van der Waals surface area contributed by atoms with Crippen molar-refractivity contribution in [1.29, 1.82) is 0 Å². The Bertz CT molecular complexity index is 917. The molecular formula is C17H19NO6S2. The molecule has 0 spiro atoms. The van der Waals surface area contributed by atoms with Crippen molar-refractivity contribution in [2.75, 3.05) is 19.4 Å². The fourth-order valence-corrected chi connectivity index (χ4v) is 3.52. The number of rotatable bonds is 8. The third-order valence-corrected chi connectivity index (χ3v) is 5.29. The molecule has 26 heavy (non-hydrogen) atoms. The minimum Gasteiger partial charge on any atom is -0.507 e. The van der Waals surface area contributed by atoms with Crippen LogP contribution in [0.3, 0.4) is 0 Å². The molecule has 0 unspecified atom stereocenters. The number of carbonyl (C=O) groups excluding carboxylic acids is 2. The van der Waals surface area contributed by atoms with Gasteiger partial charge in [0.05, 0.1) is 11.1 Å². The fraction of sp³-hybridized carbons (Fsp3) is 0.294. The van der Waals surface area contributed by atoms with Crippen molar-refractivity contribution in [1.82, 2.24) is 4.72 Å². The second kappa shape index (κ2) is 8.43. The predicted molar refractivity (Wildman–Crippen MR) is 98.3 cm³/mol. The van der Waals surface area contributed by atoms with Gasteiger partial charge in [0.1, 0.15) is 11.3 Å². The Hall–Kier alpha value is -2.23. The summed E-state index contributed by atoms with van der Waals surface area (Å²) in [5.41, 5.74) is 0.800. The maximum absolute atomic E-state index is 12.1. The van der Waals surface area contributed by atoms with Gasteiger partial charge in [0.2, 0.25) is 15.8 Å². The molecule has 0 saturated carbocycles. The molecule has 0 bridgehead atoms. The third-order valence-electron chi connectivity index (χ3n) is 3.38. The van der Waals surface area contributed by atoms with Crippen molar-refractivity contribution in [3.63, 3.8) is 0 Å². The van der Waals surface area contributed by atoms with E-state index in [2.05, 4.69) is 4.72 Å². The Kier molecular flexibility index (Phi) is 6.52. The van der Waals surface area contributed by atoms with E-state index in [1.54, 1.807) is 25.1 Å². The van der Waals surface area contributed by atoms with Gasteiger partial charge in [-0.05, 0) is 43.2 Å². The molecular weight excluding hydrogens is 378 g/mol. The molecule has 2 aromatic rings. The number of ether oxygens (including phenoxy) is 1. The number of thiophene rings is 1. The first-order valence-electron chi connectivity index (χ1n) is 7.69. The normalized spacial score (nSPS) is 11.3. The zero-order chi connectivity index (χ0) is 19.3. The Morgan fingerprint density at radius 3 is 2.62 bits per heavy atom. The molecule has 0 amide bonds. The number of hydrogen-bond acceptors (Lipinski definition) is 7. The number of carbonyl (C=O) groups is 2. The SMILES string of the molecule is Cc1ccc(C(=O)OCC(=O)c2ccc(CCNS(C)(=O)=O)s2)c(O)c1. The minimum atomic E-state index is -3.24. The van der Waals surface area contributed by atoms with E-state index in [1.165, 1.54) is 23.5 Å². The van der Waals surface area contributed by atoms with Crippen LogP contribution in [-0.2, 0) is 21.2 Å². The molecule has 0 fully saturated rings. The van der Waals surface area contributed by atoms with E-state index in [9.17, 15) is 23.1 Å². The maximum Gasteiger partial charge on any atom is 0.342 e. The lowest BCUT2D eigenvalue weighted by atomic mass is 10.1. The first-order valence-corrected chi connectivity index (χ1v) is 10.4. The summed E-state index contributed by atoms with van der Waals surface area (Å²) in [5.74, 6) is -1.33. The molecule has 2 N–H and O–H groups in total. The zero-order valence-electron chi connectivity index (χ0n) is 14.3. The number of phenolic OH excluding ortho intramolecular Hbond substituents is 1. The van der Waals surface area contributed by atoms with Crippen LogP contribution in [0.25, 0.3) is 0 Å². The molecule has 0 aliphatic carbocycles. The number of Topliss-reactive ketones (excluding diaryl/α,β-unsaturated/α-hetero) is 1. The van der Waals surface area contributed by atoms with E-state index in [1.807, 2.05) is 0 Å². The first-order chi connectivity index (χ1) is 12.2. The summed E-state index contributed by atoms with van der Waals surface area (Å²) in [5, 5.41) is 9.75. The molecule has 0 radical (unpaired) electrons. The van der Waals surface area contributed by atoms with Gasteiger partial charge in [-0.1, -0.05) is 6.07 Å². The highest BCUT2D eigenvalue weighted by atomic mass is 32.2. The second-order valence-electron chi connectivity index (χ2n) is 5.70. The quantitative estimate of drug-likeness (QED) is 0.520. The number of phenols is 1. The van der Waals surface area contributed by atoms with Gasteiger partial charge >= 0.3 is 5.97 Å². The average Bonchev–Trinajstić information content (AvgIpc) is 3.00. The molecule has 0 aliphatic heterocycles. The molecule has 1 aromatic carbocycles. The van der Waals surface area contributed by atoms with E-state index in [4.69, 9.17) is 4.74 Å². The van der Waals surface area contributed by atoms with Gasteiger partial charge in [-0.25, -0.2) is 17.9 Å². The summed E-state index contributed by atoms with van der Waals surface area (Å²) in [7, 11) is -3.24. The van der Waals surface area contributed by atoms with E-state index in [-0.39, 0.29) is 23.6 Å². The predicted octanol–water partition coefficient (Wildman–Crippen LogP) is 1.89. The van der Waals surface area contributed by atoms with Gasteiger partial charge in [0.15, 0.2) is 6.61 Å². The van der Waals surface area contributed by atoms with Gasteiger partial charge in [-0.3, -0.25) is 4.79 Å². The van der Waals surface area contributed by atoms with Gasteiger partial charge in [0.25, 0.3) is 0 Å². The van der Waals surface area contributed by atoms with Crippen LogP contribution in [0.5, 0.6) is 5.75 Å². The summed E-state index contributed by atoms with van der Waals surface area (Å²) in [6, 6.07) is 7.88. The highest BCUT2D eigenvalue weighted by Crippen LogP contribution is 2.20. The number of benzene rings is 1. The number of aryl methyl sites for hydroxylation is 1. The Balaban J connectivity index is 1.89. The van der Waals surface area contributed by atoms with Crippen molar-refractivity contribution >= 4 is 33.1 Å². The molecule has 0 saturated heterocycles. The van der Waals surface area contributed by atoms with Crippen LogP contribution in [0.15, 0.2) is 30.3 Å². The van der Waals surface area contributed by atoms with Gasteiger partial charge in [0, 0.05) is 11.4 Å². The Morgan fingerprint density at radius 2 is 1.96 bits per heavy atom. The van der Waals surface area contributed by atoms with Gasteiger partial charge < -0.3 is 9.84 Å². The summed E-state index contributed by atoms with van der Waals surface area (Å²) in [6.45, 7) is 1.58. The van der Waals surface area contributed by atoms with Crippen molar-refractivity contribution in [3.8, 4) is 5.75 Å². The molecule has 1 aromatic heterocycles. The highest BCUT2D eigenvalue weighted by molar-refractivity contribution is 7.88. The molecule has 7 nitrogen and oxygen atoms in total. The lowest BCUT2D eigenvalue weighted by molar-refractivity contribution is 0.0473. The fourth-order valence-electron chi connectivity index (χ4n) is 2.12. The monoisotopic (exact) mass is 397 g/mol. The van der Waals surface area contributed by atoms with E-state index < -0.39 is 22.6 Å². The zero-order valence-corrected chi connectivity index (χ0v) is 15.9. The van der Waals surface area contributed by atoms with E-state index in [0.717, 1.165) is 16.7 Å². The van der Waals surface area contributed by atoms with Crippen LogP contribution in [0.1, 0.15) is 30.5 Å².